The molecule has 0 aromatic heterocycles. The molecule has 1 rings (SSSR count). The van der Waals surface area contributed by atoms with Crippen LogP contribution in [0.4, 0.5) is 4.39 Å². The summed E-state index contributed by atoms with van der Waals surface area (Å²) in [6.07, 6.45) is 1.11. The van der Waals surface area contributed by atoms with Crippen LogP contribution < -0.4 is 5.32 Å². The first-order chi connectivity index (χ1) is 9.02. The largest absolute Gasteiger partial charge is 0.356 e. The predicted molar refractivity (Wildman–Crippen MR) is 94.1 cm³/mol. The van der Waals surface area contributed by atoms with Crippen LogP contribution in [0.2, 0.25) is 0 Å². The van der Waals surface area contributed by atoms with Crippen LogP contribution in [0.5, 0.6) is 0 Å². The van der Waals surface area contributed by atoms with Gasteiger partial charge in [0.05, 0.1) is 0 Å². The molecule has 0 bridgehead atoms. The molecule has 20 heavy (non-hydrogen) atoms. The molecule has 0 fully saturated rings. The topological polar surface area (TPSA) is 27.6 Å². The molecular formula is C15H25FIN3. The van der Waals surface area contributed by atoms with Gasteiger partial charge < -0.3 is 10.2 Å². The zero-order valence-corrected chi connectivity index (χ0v) is 15.0. The third-order valence-electron chi connectivity index (χ3n) is 2.91. The van der Waals surface area contributed by atoms with E-state index in [0.717, 1.165) is 24.5 Å². The van der Waals surface area contributed by atoms with Crippen molar-refractivity contribution in [2.24, 2.45) is 10.9 Å². The second-order valence-corrected chi connectivity index (χ2v) is 5.14. The van der Waals surface area contributed by atoms with Gasteiger partial charge in [0.25, 0.3) is 0 Å². The van der Waals surface area contributed by atoms with Crippen LogP contribution >= 0.6 is 24.0 Å². The Morgan fingerprint density at radius 1 is 1.30 bits per heavy atom. The molecule has 0 saturated carbocycles. The van der Waals surface area contributed by atoms with Crippen LogP contribution in [-0.2, 0) is 6.54 Å². The highest BCUT2D eigenvalue weighted by atomic mass is 127. The van der Waals surface area contributed by atoms with E-state index in [1.165, 1.54) is 12.1 Å². The quantitative estimate of drug-likeness (QED) is 0.471. The molecule has 0 aliphatic heterocycles. The van der Waals surface area contributed by atoms with E-state index in [9.17, 15) is 4.39 Å². The highest BCUT2D eigenvalue weighted by molar-refractivity contribution is 14.0. The molecule has 3 nitrogen and oxygen atoms in total. The third-order valence-corrected chi connectivity index (χ3v) is 2.91. The van der Waals surface area contributed by atoms with E-state index in [-0.39, 0.29) is 29.8 Å². The number of benzene rings is 1. The summed E-state index contributed by atoms with van der Waals surface area (Å²) in [6, 6.07) is 6.57. The zero-order chi connectivity index (χ0) is 14.3. The van der Waals surface area contributed by atoms with Crippen molar-refractivity contribution >= 4 is 29.9 Å². The van der Waals surface area contributed by atoms with Crippen molar-refractivity contribution in [2.45, 2.75) is 26.8 Å². The van der Waals surface area contributed by atoms with Crippen LogP contribution in [0.3, 0.4) is 0 Å². The van der Waals surface area contributed by atoms with Gasteiger partial charge in [-0.15, -0.1) is 24.0 Å². The van der Waals surface area contributed by atoms with Gasteiger partial charge in [-0.25, -0.2) is 4.39 Å². The molecule has 0 aliphatic rings. The molecule has 0 amide bonds. The maximum atomic E-state index is 12.8. The highest BCUT2D eigenvalue weighted by Crippen LogP contribution is 2.06. The summed E-state index contributed by atoms with van der Waals surface area (Å²) in [6.45, 7) is 6.03. The van der Waals surface area contributed by atoms with Crippen LogP contribution in [0.15, 0.2) is 29.3 Å². The van der Waals surface area contributed by atoms with E-state index in [4.69, 9.17) is 0 Å². The molecule has 0 saturated heterocycles. The second-order valence-electron chi connectivity index (χ2n) is 5.14. The molecule has 0 heterocycles. The summed E-state index contributed by atoms with van der Waals surface area (Å²) in [5.41, 5.74) is 1.07. The van der Waals surface area contributed by atoms with Crippen molar-refractivity contribution in [3.05, 3.63) is 35.6 Å². The Morgan fingerprint density at radius 3 is 2.40 bits per heavy atom. The molecule has 1 aromatic carbocycles. The lowest BCUT2D eigenvalue weighted by Gasteiger charge is -2.22. The fourth-order valence-electron chi connectivity index (χ4n) is 1.80. The Morgan fingerprint density at radius 2 is 1.90 bits per heavy atom. The number of guanidine groups is 1. The molecule has 0 atom stereocenters. The van der Waals surface area contributed by atoms with Crippen molar-refractivity contribution in [3.63, 3.8) is 0 Å². The third kappa shape index (κ3) is 7.07. The lowest BCUT2D eigenvalue weighted by molar-refractivity contribution is 0.468. The molecule has 1 N–H and O–H groups in total. The average molecular weight is 393 g/mol. The summed E-state index contributed by atoms with van der Waals surface area (Å²) in [5.74, 6) is 1.34. The maximum Gasteiger partial charge on any atom is 0.193 e. The fourth-order valence-corrected chi connectivity index (χ4v) is 1.80. The molecule has 0 spiro atoms. The Hall–Kier alpha value is -0.850. The number of rotatable bonds is 5. The summed E-state index contributed by atoms with van der Waals surface area (Å²) >= 11 is 0. The molecule has 114 valence electrons. The van der Waals surface area contributed by atoms with E-state index < -0.39 is 0 Å². The van der Waals surface area contributed by atoms with Crippen LogP contribution in [0.25, 0.3) is 0 Å². The summed E-state index contributed by atoms with van der Waals surface area (Å²) in [7, 11) is 3.76. The van der Waals surface area contributed by atoms with E-state index in [0.29, 0.717) is 12.5 Å². The van der Waals surface area contributed by atoms with Crippen LogP contribution in [0.1, 0.15) is 25.8 Å². The fraction of sp³-hybridized carbons (Fsp3) is 0.533. The van der Waals surface area contributed by atoms with Gasteiger partial charge in [-0.1, -0.05) is 26.0 Å². The van der Waals surface area contributed by atoms with E-state index in [2.05, 4.69) is 24.2 Å². The van der Waals surface area contributed by atoms with Gasteiger partial charge in [0.2, 0.25) is 0 Å². The van der Waals surface area contributed by atoms with Gasteiger partial charge in [-0.3, -0.25) is 4.99 Å². The van der Waals surface area contributed by atoms with Gasteiger partial charge in [0.1, 0.15) is 5.82 Å². The summed E-state index contributed by atoms with van der Waals surface area (Å²) < 4.78 is 12.8. The Labute approximate surface area is 138 Å². The minimum atomic E-state index is -0.203. The second kappa shape index (κ2) is 9.96. The number of hydrogen-bond acceptors (Lipinski definition) is 1. The maximum absolute atomic E-state index is 12.8. The van der Waals surface area contributed by atoms with Gasteiger partial charge >= 0.3 is 0 Å². The molecule has 0 unspecified atom stereocenters. The van der Waals surface area contributed by atoms with Crippen molar-refractivity contribution < 1.29 is 4.39 Å². The van der Waals surface area contributed by atoms with Crippen molar-refractivity contribution in [1.82, 2.24) is 10.2 Å². The lowest BCUT2D eigenvalue weighted by atomic mass is 10.1. The SMILES string of the molecule is CN=C(NCCC(C)C)N(C)Cc1ccc(F)cc1.I. The molecule has 1 aromatic rings. The average Bonchev–Trinajstić information content (AvgIpc) is 2.37. The van der Waals surface area contributed by atoms with E-state index >= 15 is 0 Å². The first kappa shape index (κ1) is 19.1. The van der Waals surface area contributed by atoms with Crippen LogP contribution in [-0.4, -0.2) is 31.5 Å². The van der Waals surface area contributed by atoms with Gasteiger partial charge in [0.15, 0.2) is 5.96 Å². The van der Waals surface area contributed by atoms with Crippen molar-refractivity contribution in [2.75, 3.05) is 20.6 Å². The van der Waals surface area contributed by atoms with Gasteiger partial charge in [0, 0.05) is 27.2 Å². The van der Waals surface area contributed by atoms with Gasteiger partial charge in [-0.05, 0) is 30.0 Å². The van der Waals surface area contributed by atoms with E-state index in [1.807, 2.05) is 11.9 Å². The minimum Gasteiger partial charge on any atom is -0.356 e. The molecule has 0 radical (unpaired) electrons. The first-order valence-electron chi connectivity index (χ1n) is 6.69. The molecule has 5 heteroatoms. The Bertz CT molecular complexity index is 404. The zero-order valence-electron chi connectivity index (χ0n) is 12.7. The van der Waals surface area contributed by atoms with Crippen molar-refractivity contribution in [1.29, 1.82) is 0 Å². The number of hydrogen-bond donors (Lipinski definition) is 1. The monoisotopic (exact) mass is 393 g/mol. The number of halogens is 2. The Balaban J connectivity index is 0.00000361. The molecular weight excluding hydrogens is 368 g/mol. The smallest absolute Gasteiger partial charge is 0.193 e. The number of nitrogens with one attached hydrogen (secondary N) is 1. The summed E-state index contributed by atoms with van der Waals surface area (Å²) in [5, 5.41) is 3.33. The number of aliphatic imine (C=N–C) groups is 1. The summed E-state index contributed by atoms with van der Waals surface area (Å²) in [4.78, 5) is 6.29. The normalized spacial score (nSPS) is 11.2. The Kier molecular flexibility index (Phi) is 9.54. The van der Waals surface area contributed by atoms with Gasteiger partial charge in [-0.2, -0.15) is 0 Å². The first-order valence-corrected chi connectivity index (χ1v) is 6.69. The number of nitrogens with zero attached hydrogens (tertiary/aromatic N) is 2. The minimum absolute atomic E-state index is 0. The van der Waals surface area contributed by atoms with E-state index in [1.54, 1.807) is 19.2 Å². The van der Waals surface area contributed by atoms with Crippen LogP contribution in [0, 0.1) is 11.7 Å². The molecule has 0 aliphatic carbocycles. The van der Waals surface area contributed by atoms with Crippen molar-refractivity contribution in [3.8, 4) is 0 Å². The lowest BCUT2D eigenvalue weighted by Crippen LogP contribution is -2.39. The predicted octanol–water partition coefficient (Wildman–Crippen LogP) is 3.50. The highest BCUT2D eigenvalue weighted by Gasteiger charge is 2.06. The standard InChI is InChI=1S/C15H24FN3.HI/c1-12(2)9-10-18-15(17-3)19(4)11-13-5-7-14(16)8-6-13;/h5-8,12H,9-11H2,1-4H3,(H,17,18);1H.